The molecule has 1 N–H and O–H groups in total. The summed E-state index contributed by atoms with van der Waals surface area (Å²) in [5.74, 6) is 0.839. The maximum Gasteiger partial charge on any atom is 0.260 e. The van der Waals surface area contributed by atoms with Gasteiger partial charge in [-0.1, -0.05) is 35.9 Å². The second-order valence-electron chi connectivity index (χ2n) is 7.58. The summed E-state index contributed by atoms with van der Waals surface area (Å²) >= 11 is 6.06. The summed E-state index contributed by atoms with van der Waals surface area (Å²) in [7, 11) is 1.63. The monoisotopic (exact) mass is 437 g/mol. The molecule has 31 heavy (non-hydrogen) atoms. The first-order valence-electron chi connectivity index (χ1n) is 10.0. The smallest absolute Gasteiger partial charge is 0.260 e. The van der Waals surface area contributed by atoms with Crippen molar-refractivity contribution < 1.29 is 14.3 Å². The lowest BCUT2D eigenvalue weighted by atomic mass is 9.93. The summed E-state index contributed by atoms with van der Waals surface area (Å²) < 4.78 is 7.03. The Morgan fingerprint density at radius 3 is 2.29 bits per heavy atom. The molecule has 0 spiro atoms. The first-order chi connectivity index (χ1) is 15.0. The van der Waals surface area contributed by atoms with Gasteiger partial charge in [-0.05, 0) is 41.8 Å². The molecule has 3 aromatic rings. The van der Waals surface area contributed by atoms with Crippen LogP contribution in [-0.2, 0) is 9.59 Å². The number of ether oxygens (including phenoxy) is 1. The van der Waals surface area contributed by atoms with Crippen LogP contribution < -0.4 is 15.0 Å². The van der Waals surface area contributed by atoms with Gasteiger partial charge in [-0.2, -0.15) is 4.98 Å². The summed E-state index contributed by atoms with van der Waals surface area (Å²) in [4.78, 5) is 30.0. The molecule has 158 valence electrons. The van der Waals surface area contributed by atoms with Gasteiger partial charge < -0.3 is 10.1 Å². The van der Waals surface area contributed by atoms with Crippen molar-refractivity contribution in [1.29, 1.82) is 0 Å². The normalized spacial score (nSPS) is 20.5. The van der Waals surface area contributed by atoms with Gasteiger partial charge in [-0.15, -0.1) is 5.10 Å². The number of methoxy groups -OCH3 is 1. The van der Waals surface area contributed by atoms with Crippen LogP contribution in [0.4, 0.5) is 11.9 Å². The van der Waals surface area contributed by atoms with Crippen molar-refractivity contribution in [3.8, 4) is 5.75 Å². The Kier molecular flexibility index (Phi) is 4.86. The van der Waals surface area contributed by atoms with Gasteiger partial charge in [0, 0.05) is 17.9 Å². The number of carbonyl (C=O) groups excluding carboxylic acids is 2. The fourth-order valence-electron chi connectivity index (χ4n) is 4.08. The van der Waals surface area contributed by atoms with Gasteiger partial charge in [-0.25, -0.2) is 9.58 Å². The Hall–Kier alpha value is -3.39. The fourth-order valence-corrected chi connectivity index (χ4v) is 4.20. The quantitative estimate of drug-likeness (QED) is 0.625. The molecule has 5 rings (SSSR count). The van der Waals surface area contributed by atoms with Crippen molar-refractivity contribution in [3.05, 3.63) is 64.7 Å². The zero-order valence-corrected chi connectivity index (χ0v) is 17.5. The number of aromatic nitrogens is 3. The zero-order chi connectivity index (χ0) is 21.5. The number of fused-ring (bicyclic) bond motifs is 1. The third-order valence-corrected chi connectivity index (χ3v) is 5.95. The first kappa shape index (κ1) is 19.6. The third-order valence-electron chi connectivity index (χ3n) is 5.70. The molecule has 0 unspecified atom stereocenters. The number of amides is 2. The zero-order valence-electron chi connectivity index (χ0n) is 16.8. The molecule has 1 fully saturated rings. The molecule has 1 aromatic heterocycles. The maximum absolute atomic E-state index is 12.2. The molecule has 0 radical (unpaired) electrons. The van der Waals surface area contributed by atoms with E-state index < -0.39 is 0 Å². The number of rotatable bonds is 4. The van der Waals surface area contributed by atoms with E-state index >= 15 is 0 Å². The van der Waals surface area contributed by atoms with Gasteiger partial charge in [0.15, 0.2) is 0 Å². The number of anilines is 2. The van der Waals surface area contributed by atoms with Crippen LogP contribution in [0.2, 0.25) is 5.02 Å². The second kappa shape index (κ2) is 7.70. The topological polar surface area (TPSA) is 89.3 Å². The van der Waals surface area contributed by atoms with Crippen LogP contribution in [0.3, 0.4) is 0 Å². The molecule has 2 aliphatic rings. The van der Waals surface area contributed by atoms with E-state index in [0.717, 1.165) is 21.8 Å². The average Bonchev–Trinajstić information content (AvgIpc) is 3.35. The number of carbonyl (C=O) groups is 2. The number of halogens is 1. The highest BCUT2D eigenvalue weighted by Crippen LogP contribution is 2.39. The standard InChI is InChI=1S/C22H20ClN5O3/c1-31-16-8-4-14(5-9-16)18-12-17(13-2-6-15(23)7-3-13)24-21-25-22(26-28(18)21)27-19(29)10-11-20(27)30/h2-9,17-18H,10-12H2,1H3,(H,24,25,26)/t17-,18-/m1/s1. The van der Waals surface area contributed by atoms with E-state index in [4.69, 9.17) is 16.3 Å². The molecule has 2 atom stereocenters. The van der Waals surface area contributed by atoms with Crippen molar-refractivity contribution in [1.82, 2.24) is 14.8 Å². The van der Waals surface area contributed by atoms with Crippen molar-refractivity contribution in [2.45, 2.75) is 31.3 Å². The van der Waals surface area contributed by atoms with Crippen LogP contribution in [0.25, 0.3) is 0 Å². The van der Waals surface area contributed by atoms with Gasteiger partial charge in [0.25, 0.3) is 5.95 Å². The maximum atomic E-state index is 12.2. The predicted octanol–water partition coefficient (Wildman–Crippen LogP) is 3.74. The molecule has 0 bridgehead atoms. The van der Waals surface area contributed by atoms with Gasteiger partial charge in [0.05, 0.1) is 19.2 Å². The molecule has 2 amide bonds. The summed E-state index contributed by atoms with van der Waals surface area (Å²) in [5, 5.41) is 8.62. The van der Waals surface area contributed by atoms with Gasteiger partial charge in [0.1, 0.15) is 5.75 Å². The highest BCUT2D eigenvalue weighted by Gasteiger charge is 2.37. The minimum atomic E-state index is -0.275. The average molecular weight is 438 g/mol. The largest absolute Gasteiger partial charge is 0.497 e. The lowest BCUT2D eigenvalue weighted by Crippen LogP contribution is -2.30. The molecular formula is C22H20ClN5O3. The number of hydrogen-bond donors (Lipinski definition) is 1. The van der Waals surface area contributed by atoms with E-state index in [1.807, 2.05) is 48.5 Å². The van der Waals surface area contributed by atoms with Crippen LogP contribution in [0, 0.1) is 0 Å². The highest BCUT2D eigenvalue weighted by atomic mass is 35.5. The molecule has 1 saturated heterocycles. The van der Waals surface area contributed by atoms with Gasteiger partial charge >= 0.3 is 0 Å². The minimum absolute atomic E-state index is 0.0427. The Morgan fingerprint density at radius 1 is 1.00 bits per heavy atom. The second-order valence-corrected chi connectivity index (χ2v) is 8.01. The van der Waals surface area contributed by atoms with Crippen molar-refractivity contribution in [3.63, 3.8) is 0 Å². The van der Waals surface area contributed by atoms with Crippen LogP contribution in [-0.4, -0.2) is 33.7 Å². The van der Waals surface area contributed by atoms with Crippen LogP contribution in [0.5, 0.6) is 5.75 Å². The Labute approximate surface area is 183 Å². The molecular weight excluding hydrogens is 418 g/mol. The number of imide groups is 1. The van der Waals surface area contributed by atoms with E-state index in [-0.39, 0.29) is 42.7 Å². The Bertz CT molecular complexity index is 1130. The molecule has 2 aromatic carbocycles. The number of benzene rings is 2. The number of hydrogen-bond acceptors (Lipinski definition) is 6. The van der Waals surface area contributed by atoms with E-state index in [1.165, 1.54) is 0 Å². The van der Waals surface area contributed by atoms with Crippen LogP contribution in [0.15, 0.2) is 48.5 Å². The number of nitrogens with one attached hydrogen (secondary N) is 1. The summed E-state index contributed by atoms with van der Waals surface area (Å²) in [6.07, 6.45) is 1.07. The molecule has 2 aliphatic heterocycles. The van der Waals surface area contributed by atoms with Gasteiger partial charge in [-0.3, -0.25) is 9.59 Å². The van der Waals surface area contributed by atoms with E-state index in [1.54, 1.807) is 11.8 Å². The van der Waals surface area contributed by atoms with Crippen molar-refractivity contribution >= 4 is 35.3 Å². The predicted molar refractivity (Wildman–Crippen MR) is 115 cm³/mol. The number of nitrogens with zero attached hydrogens (tertiary/aromatic N) is 4. The van der Waals surface area contributed by atoms with Gasteiger partial charge in [0.2, 0.25) is 17.8 Å². The van der Waals surface area contributed by atoms with E-state index in [9.17, 15) is 9.59 Å². The third kappa shape index (κ3) is 3.53. The van der Waals surface area contributed by atoms with Crippen LogP contribution in [0.1, 0.15) is 42.5 Å². The highest BCUT2D eigenvalue weighted by molar-refractivity contribution is 6.30. The van der Waals surface area contributed by atoms with Crippen LogP contribution >= 0.6 is 11.6 Å². The SMILES string of the molecule is COc1ccc([C@H]2C[C@H](c3ccc(Cl)cc3)Nc3nc(N4C(=O)CCC4=O)nn32)cc1. The van der Waals surface area contributed by atoms with E-state index in [2.05, 4.69) is 15.4 Å². The molecule has 0 saturated carbocycles. The molecule has 3 heterocycles. The molecule has 0 aliphatic carbocycles. The summed E-state index contributed by atoms with van der Waals surface area (Å²) in [6, 6.07) is 15.3. The summed E-state index contributed by atoms with van der Waals surface area (Å²) in [6.45, 7) is 0. The van der Waals surface area contributed by atoms with E-state index in [0.29, 0.717) is 17.4 Å². The Balaban J connectivity index is 1.56. The summed E-state index contributed by atoms with van der Waals surface area (Å²) in [5.41, 5.74) is 2.09. The first-order valence-corrected chi connectivity index (χ1v) is 10.4. The lowest BCUT2D eigenvalue weighted by molar-refractivity contribution is -0.121. The van der Waals surface area contributed by atoms with Crippen molar-refractivity contribution in [2.24, 2.45) is 0 Å². The lowest BCUT2D eigenvalue weighted by Gasteiger charge is -2.31. The molecule has 9 heteroatoms. The fraction of sp³-hybridized carbons (Fsp3) is 0.273. The van der Waals surface area contributed by atoms with Crippen molar-refractivity contribution in [2.75, 3.05) is 17.3 Å². The molecule has 8 nitrogen and oxygen atoms in total. The minimum Gasteiger partial charge on any atom is -0.497 e. The Morgan fingerprint density at radius 2 is 1.65 bits per heavy atom.